The normalized spacial score (nSPS) is 16.7. The molecule has 2 nitrogen and oxygen atoms in total. The summed E-state index contributed by atoms with van der Waals surface area (Å²) < 4.78 is 12.0. The molecule has 15 heavy (non-hydrogen) atoms. The summed E-state index contributed by atoms with van der Waals surface area (Å²) in [5, 5.41) is 0. The van der Waals surface area contributed by atoms with Crippen molar-refractivity contribution in [3.8, 4) is 0 Å². The SMILES string of the molecule is CN1CCCCC1.Nc1ccc(F)cc1. The molecule has 3 heteroatoms. The molecule has 1 aromatic carbocycles. The molecule has 2 rings (SSSR count). The standard InChI is InChI=1S/C6H6FN.C6H13N/c7-5-1-3-6(8)4-2-5;1-7-5-3-2-4-6-7/h1-4H,8H2;2-6H2,1H3. The molecule has 0 amide bonds. The Morgan fingerprint density at radius 2 is 1.60 bits per heavy atom. The molecule has 0 unspecified atom stereocenters. The van der Waals surface area contributed by atoms with Gasteiger partial charge >= 0.3 is 0 Å². The molecule has 0 spiro atoms. The van der Waals surface area contributed by atoms with Gasteiger partial charge in [0.05, 0.1) is 0 Å². The molecule has 1 aliphatic heterocycles. The second kappa shape index (κ2) is 6.40. The van der Waals surface area contributed by atoms with Crippen LogP contribution < -0.4 is 5.73 Å². The van der Waals surface area contributed by atoms with Gasteiger partial charge in [-0.3, -0.25) is 0 Å². The fraction of sp³-hybridized carbons (Fsp3) is 0.500. The summed E-state index contributed by atoms with van der Waals surface area (Å²) in [5.41, 5.74) is 5.85. The predicted octanol–water partition coefficient (Wildman–Crippen LogP) is 2.51. The van der Waals surface area contributed by atoms with Crippen LogP contribution in [0.2, 0.25) is 0 Å². The Bertz CT molecular complexity index is 244. The molecular formula is C12H19FN2. The van der Waals surface area contributed by atoms with E-state index in [-0.39, 0.29) is 5.82 Å². The number of likely N-dealkylation sites (tertiary alicyclic amines) is 1. The summed E-state index contributed by atoms with van der Waals surface area (Å²) in [6.07, 6.45) is 4.28. The fourth-order valence-corrected chi connectivity index (χ4v) is 1.51. The monoisotopic (exact) mass is 210 g/mol. The summed E-state index contributed by atoms with van der Waals surface area (Å²) in [6, 6.07) is 5.70. The van der Waals surface area contributed by atoms with Gasteiger partial charge in [-0.1, -0.05) is 6.42 Å². The van der Waals surface area contributed by atoms with Crippen LogP contribution in [0.15, 0.2) is 24.3 Å². The lowest BCUT2D eigenvalue weighted by Crippen LogP contribution is -2.24. The molecular weight excluding hydrogens is 191 g/mol. The molecule has 0 aromatic heterocycles. The second-order valence-electron chi connectivity index (χ2n) is 3.92. The molecule has 84 valence electrons. The van der Waals surface area contributed by atoms with Gasteiger partial charge in [-0.15, -0.1) is 0 Å². The van der Waals surface area contributed by atoms with Gasteiger partial charge in [-0.25, -0.2) is 4.39 Å². The first-order valence-corrected chi connectivity index (χ1v) is 5.38. The van der Waals surface area contributed by atoms with Crippen molar-refractivity contribution in [2.45, 2.75) is 19.3 Å². The smallest absolute Gasteiger partial charge is 0.123 e. The minimum Gasteiger partial charge on any atom is -0.399 e. The van der Waals surface area contributed by atoms with E-state index in [2.05, 4.69) is 11.9 Å². The number of piperidine rings is 1. The van der Waals surface area contributed by atoms with E-state index >= 15 is 0 Å². The Kier molecular flexibility index (Phi) is 5.12. The van der Waals surface area contributed by atoms with Gasteiger partial charge in [-0.05, 0) is 57.2 Å². The third-order valence-electron chi connectivity index (χ3n) is 2.45. The van der Waals surface area contributed by atoms with Crippen molar-refractivity contribution >= 4 is 5.69 Å². The Morgan fingerprint density at radius 1 is 1.07 bits per heavy atom. The van der Waals surface area contributed by atoms with Gasteiger partial charge in [0.25, 0.3) is 0 Å². The first-order chi connectivity index (χ1) is 7.18. The van der Waals surface area contributed by atoms with Crippen molar-refractivity contribution < 1.29 is 4.39 Å². The van der Waals surface area contributed by atoms with E-state index in [1.807, 2.05) is 0 Å². The molecule has 1 saturated heterocycles. The zero-order valence-corrected chi connectivity index (χ0v) is 9.25. The van der Waals surface area contributed by atoms with Gasteiger partial charge in [0.1, 0.15) is 5.82 Å². The van der Waals surface area contributed by atoms with Crippen molar-refractivity contribution in [2.24, 2.45) is 0 Å². The molecule has 1 aromatic rings. The van der Waals surface area contributed by atoms with Crippen LogP contribution in [0.5, 0.6) is 0 Å². The Morgan fingerprint density at radius 3 is 1.93 bits per heavy atom. The molecule has 0 bridgehead atoms. The zero-order chi connectivity index (χ0) is 11.1. The second-order valence-corrected chi connectivity index (χ2v) is 3.92. The first kappa shape index (κ1) is 12.0. The predicted molar refractivity (Wildman–Crippen MR) is 62.2 cm³/mol. The highest BCUT2D eigenvalue weighted by Crippen LogP contribution is 2.04. The summed E-state index contributed by atoms with van der Waals surface area (Å²) in [6.45, 7) is 2.64. The number of benzene rings is 1. The topological polar surface area (TPSA) is 29.3 Å². The number of nitrogen functional groups attached to an aromatic ring is 1. The maximum atomic E-state index is 12.0. The van der Waals surface area contributed by atoms with Crippen LogP contribution in [0.1, 0.15) is 19.3 Å². The van der Waals surface area contributed by atoms with Gasteiger partial charge < -0.3 is 10.6 Å². The molecule has 0 atom stereocenters. The third kappa shape index (κ3) is 5.37. The van der Waals surface area contributed by atoms with E-state index in [1.165, 1.54) is 56.6 Å². The van der Waals surface area contributed by atoms with E-state index in [4.69, 9.17) is 5.73 Å². The summed E-state index contributed by atoms with van der Waals surface area (Å²) in [4.78, 5) is 2.39. The molecule has 0 saturated carbocycles. The molecule has 1 heterocycles. The highest BCUT2D eigenvalue weighted by atomic mass is 19.1. The summed E-state index contributed by atoms with van der Waals surface area (Å²) in [7, 11) is 2.19. The van der Waals surface area contributed by atoms with E-state index < -0.39 is 0 Å². The van der Waals surface area contributed by atoms with Gasteiger partial charge in [0.2, 0.25) is 0 Å². The van der Waals surface area contributed by atoms with Crippen LogP contribution in [0.3, 0.4) is 0 Å². The van der Waals surface area contributed by atoms with Crippen LogP contribution in [0, 0.1) is 5.82 Å². The van der Waals surface area contributed by atoms with Crippen LogP contribution in [0.4, 0.5) is 10.1 Å². The quantitative estimate of drug-likeness (QED) is 0.667. The zero-order valence-electron chi connectivity index (χ0n) is 9.25. The van der Waals surface area contributed by atoms with E-state index in [9.17, 15) is 4.39 Å². The van der Waals surface area contributed by atoms with Crippen molar-refractivity contribution in [1.82, 2.24) is 4.90 Å². The molecule has 2 N–H and O–H groups in total. The maximum Gasteiger partial charge on any atom is 0.123 e. The summed E-state index contributed by atoms with van der Waals surface area (Å²) in [5.74, 6) is -0.251. The Balaban J connectivity index is 0.000000151. The van der Waals surface area contributed by atoms with Crippen molar-refractivity contribution in [3.05, 3.63) is 30.1 Å². The lowest BCUT2D eigenvalue weighted by Gasteiger charge is -2.20. The largest absolute Gasteiger partial charge is 0.399 e. The van der Waals surface area contributed by atoms with Crippen LogP contribution in [0.25, 0.3) is 0 Å². The molecule has 1 aliphatic rings. The highest BCUT2D eigenvalue weighted by molar-refractivity contribution is 5.36. The average molecular weight is 210 g/mol. The number of anilines is 1. The van der Waals surface area contributed by atoms with E-state index in [0.717, 1.165) is 0 Å². The van der Waals surface area contributed by atoms with Crippen LogP contribution in [-0.4, -0.2) is 25.0 Å². The van der Waals surface area contributed by atoms with Crippen LogP contribution in [-0.2, 0) is 0 Å². The average Bonchev–Trinajstić information content (AvgIpc) is 2.25. The minimum absolute atomic E-state index is 0.251. The Hall–Kier alpha value is -1.09. The molecule has 1 fully saturated rings. The van der Waals surface area contributed by atoms with Gasteiger partial charge in [0.15, 0.2) is 0 Å². The minimum atomic E-state index is -0.251. The number of hydrogen-bond acceptors (Lipinski definition) is 2. The fourth-order valence-electron chi connectivity index (χ4n) is 1.51. The third-order valence-corrected chi connectivity index (χ3v) is 2.45. The maximum absolute atomic E-state index is 12.0. The number of nitrogens with zero attached hydrogens (tertiary/aromatic N) is 1. The van der Waals surface area contributed by atoms with Crippen LogP contribution >= 0.6 is 0 Å². The first-order valence-electron chi connectivity index (χ1n) is 5.38. The van der Waals surface area contributed by atoms with Crippen molar-refractivity contribution in [1.29, 1.82) is 0 Å². The number of halogens is 1. The lowest BCUT2D eigenvalue weighted by atomic mass is 10.1. The molecule has 0 radical (unpaired) electrons. The van der Waals surface area contributed by atoms with Gasteiger partial charge in [-0.2, -0.15) is 0 Å². The number of hydrogen-bond donors (Lipinski definition) is 1. The number of nitrogens with two attached hydrogens (primary N) is 1. The Labute approximate surface area is 90.9 Å². The number of rotatable bonds is 0. The van der Waals surface area contributed by atoms with Crippen molar-refractivity contribution in [2.75, 3.05) is 25.9 Å². The summed E-state index contributed by atoms with van der Waals surface area (Å²) >= 11 is 0. The van der Waals surface area contributed by atoms with Gasteiger partial charge in [0, 0.05) is 5.69 Å². The van der Waals surface area contributed by atoms with E-state index in [0.29, 0.717) is 5.69 Å². The molecule has 0 aliphatic carbocycles. The van der Waals surface area contributed by atoms with E-state index in [1.54, 1.807) is 0 Å². The lowest BCUT2D eigenvalue weighted by molar-refractivity contribution is 0.277. The van der Waals surface area contributed by atoms with Crippen molar-refractivity contribution in [3.63, 3.8) is 0 Å². The highest BCUT2D eigenvalue weighted by Gasteiger charge is 2.02.